The molecule has 1 N–H and O–H groups in total. The first-order chi connectivity index (χ1) is 14.0. The van der Waals surface area contributed by atoms with Crippen molar-refractivity contribution in [1.29, 1.82) is 0 Å². The highest BCUT2D eigenvalue weighted by Crippen LogP contribution is 2.23. The van der Waals surface area contributed by atoms with Crippen LogP contribution in [0.15, 0.2) is 60.7 Å². The summed E-state index contributed by atoms with van der Waals surface area (Å²) >= 11 is 0. The van der Waals surface area contributed by atoms with Gasteiger partial charge in [-0.25, -0.2) is 9.97 Å². The molecule has 0 fully saturated rings. The van der Waals surface area contributed by atoms with Gasteiger partial charge < -0.3 is 14.6 Å². The molecular formula is C23H22N4O2. The molecule has 0 atom stereocenters. The molecule has 6 heteroatoms. The number of methoxy groups -OCH3 is 1. The van der Waals surface area contributed by atoms with Crippen LogP contribution < -0.4 is 10.1 Å². The summed E-state index contributed by atoms with van der Waals surface area (Å²) in [6.07, 6.45) is 0. The number of carbonyl (C=O) groups excluding carboxylic acids is 1. The van der Waals surface area contributed by atoms with Crippen LogP contribution in [-0.2, 0) is 6.54 Å². The Kier molecular flexibility index (Phi) is 4.99. The molecule has 0 saturated heterocycles. The summed E-state index contributed by atoms with van der Waals surface area (Å²) in [5.41, 5.74) is 4.71. The second kappa shape index (κ2) is 7.75. The molecule has 2 aromatic heterocycles. The number of hydrogen-bond donors (Lipinski definition) is 1. The number of nitrogens with zero attached hydrogens (tertiary/aromatic N) is 3. The van der Waals surface area contributed by atoms with Crippen molar-refractivity contribution in [3.63, 3.8) is 0 Å². The van der Waals surface area contributed by atoms with Crippen molar-refractivity contribution in [2.75, 3.05) is 12.4 Å². The highest BCUT2D eigenvalue weighted by Gasteiger charge is 2.14. The fourth-order valence-electron chi connectivity index (χ4n) is 3.26. The van der Waals surface area contributed by atoms with Crippen LogP contribution in [0.4, 0.5) is 5.69 Å². The molecule has 0 bridgehead atoms. The van der Waals surface area contributed by atoms with Gasteiger partial charge in [0.25, 0.3) is 5.91 Å². The van der Waals surface area contributed by atoms with E-state index < -0.39 is 0 Å². The number of fused-ring (bicyclic) bond motifs is 1. The molecule has 0 aliphatic heterocycles. The van der Waals surface area contributed by atoms with Crippen molar-refractivity contribution in [3.05, 3.63) is 83.3 Å². The molecule has 6 nitrogen and oxygen atoms in total. The van der Waals surface area contributed by atoms with Gasteiger partial charge in [-0.15, -0.1) is 0 Å². The van der Waals surface area contributed by atoms with E-state index in [1.165, 1.54) is 0 Å². The molecule has 29 heavy (non-hydrogen) atoms. The fourth-order valence-corrected chi connectivity index (χ4v) is 3.26. The number of ether oxygens (including phenoxy) is 1. The van der Waals surface area contributed by atoms with E-state index in [1.54, 1.807) is 19.2 Å². The summed E-state index contributed by atoms with van der Waals surface area (Å²) in [6, 6.07) is 19.0. The molecule has 0 aliphatic carbocycles. The summed E-state index contributed by atoms with van der Waals surface area (Å²) in [4.78, 5) is 21.9. The minimum Gasteiger partial charge on any atom is -0.497 e. The summed E-state index contributed by atoms with van der Waals surface area (Å²) in [7, 11) is 1.66. The van der Waals surface area contributed by atoms with Crippen LogP contribution in [-0.4, -0.2) is 27.6 Å². The number of anilines is 1. The van der Waals surface area contributed by atoms with Crippen LogP contribution >= 0.6 is 0 Å². The largest absolute Gasteiger partial charge is 0.497 e. The number of amides is 1. The Labute approximate surface area is 169 Å². The third kappa shape index (κ3) is 3.82. The molecule has 146 valence electrons. The first-order valence-electron chi connectivity index (χ1n) is 9.39. The second-order valence-electron chi connectivity index (χ2n) is 6.88. The Morgan fingerprint density at radius 2 is 1.76 bits per heavy atom. The van der Waals surface area contributed by atoms with Crippen molar-refractivity contribution in [1.82, 2.24) is 14.5 Å². The molecule has 4 rings (SSSR count). The average molecular weight is 386 g/mol. The number of pyridine rings is 1. The molecule has 2 aromatic carbocycles. The number of hydrogen-bond acceptors (Lipinski definition) is 4. The Bertz CT molecular complexity index is 1170. The first-order valence-corrected chi connectivity index (χ1v) is 9.39. The fraction of sp³-hybridized carbons (Fsp3) is 0.174. The maximum atomic E-state index is 12.5. The zero-order chi connectivity index (χ0) is 20.4. The van der Waals surface area contributed by atoms with Gasteiger partial charge in [0.15, 0.2) is 5.65 Å². The van der Waals surface area contributed by atoms with Crippen molar-refractivity contribution < 1.29 is 9.53 Å². The van der Waals surface area contributed by atoms with Gasteiger partial charge in [-0.05, 0) is 49.7 Å². The summed E-state index contributed by atoms with van der Waals surface area (Å²) in [6.45, 7) is 4.51. The van der Waals surface area contributed by atoms with E-state index in [4.69, 9.17) is 9.72 Å². The van der Waals surface area contributed by atoms with Crippen LogP contribution in [0.1, 0.15) is 27.4 Å². The van der Waals surface area contributed by atoms with Crippen LogP contribution in [0, 0.1) is 13.8 Å². The lowest BCUT2D eigenvalue weighted by atomic mass is 10.2. The van der Waals surface area contributed by atoms with Crippen molar-refractivity contribution in [2.45, 2.75) is 20.4 Å². The van der Waals surface area contributed by atoms with E-state index in [1.807, 2.05) is 62.4 Å². The molecule has 0 radical (unpaired) electrons. The van der Waals surface area contributed by atoms with E-state index in [-0.39, 0.29) is 5.91 Å². The van der Waals surface area contributed by atoms with E-state index >= 15 is 0 Å². The number of benzene rings is 2. The summed E-state index contributed by atoms with van der Waals surface area (Å²) < 4.78 is 7.30. The van der Waals surface area contributed by atoms with E-state index in [0.717, 1.165) is 34.0 Å². The van der Waals surface area contributed by atoms with Crippen LogP contribution in [0.5, 0.6) is 5.75 Å². The van der Waals surface area contributed by atoms with Gasteiger partial charge in [0, 0.05) is 5.56 Å². The number of nitrogens with one attached hydrogen (secondary N) is 1. The first kappa shape index (κ1) is 18.7. The van der Waals surface area contributed by atoms with Gasteiger partial charge in [0.2, 0.25) is 0 Å². The van der Waals surface area contributed by atoms with Crippen molar-refractivity contribution in [3.8, 4) is 5.75 Å². The second-order valence-corrected chi connectivity index (χ2v) is 6.88. The highest BCUT2D eigenvalue weighted by atomic mass is 16.5. The normalized spacial score (nSPS) is 10.9. The molecule has 2 heterocycles. The highest BCUT2D eigenvalue weighted by molar-refractivity contribution is 6.05. The molecule has 0 spiro atoms. The van der Waals surface area contributed by atoms with Gasteiger partial charge in [-0.3, -0.25) is 4.79 Å². The third-order valence-electron chi connectivity index (χ3n) is 4.89. The predicted molar refractivity (Wildman–Crippen MR) is 113 cm³/mol. The van der Waals surface area contributed by atoms with Gasteiger partial charge in [0.1, 0.15) is 17.1 Å². The van der Waals surface area contributed by atoms with Gasteiger partial charge in [0.05, 0.1) is 25.0 Å². The van der Waals surface area contributed by atoms with Gasteiger partial charge >= 0.3 is 0 Å². The molecule has 0 unspecified atom stereocenters. The van der Waals surface area contributed by atoms with Crippen molar-refractivity contribution >= 4 is 22.8 Å². The zero-order valence-electron chi connectivity index (χ0n) is 16.6. The van der Waals surface area contributed by atoms with Crippen LogP contribution in [0.25, 0.3) is 11.2 Å². The lowest BCUT2D eigenvalue weighted by Crippen LogP contribution is -2.13. The maximum Gasteiger partial charge on any atom is 0.255 e. The standard InChI is InChI=1S/C23H22N4O2/c1-15-20(26-23(28)18-7-5-4-6-8-18)13-21-22(24-15)27(16(2)25-21)14-17-9-11-19(29-3)12-10-17/h4-13H,14H2,1-3H3,(H,26,28). The number of aromatic nitrogens is 3. The van der Waals surface area contributed by atoms with Gasteiger partial charge in [-0.1, -0.05) is 30.3 Å². The molecule has 1 amide bonds. The number of rotatable bonds is 5. The smallest absolute Gasteiger partial charge is 0.255 e. The molecular weight excluding hydrogens is 364 g/mol. The molecule has 4 aromatic rings. The number of imidazole rings is 1. The Morgan fingerprint density at radius 1 is 1.03 bits per heavy atom. The monoisotopic (exact) mass is 386 g/mol. The molecule has 0 aliphatic rings. The minimum atomic E-state index is -0.163. The Balaban J connectivity index is 1.64. The summed E-state index contributed by atoms with van der Waals surface area (Å²) in [5.74, 6) is 1.53. The average Bonchev–Trinajstić information content (AvgIpc) is 3.03. The van der Waals surface area contributed by atoms with E-state index in [0.29, 0.717) is 17.8 Å². The predicted octanol–water partition coefficient (Wildman–Crippen LogP) is 4.36. The molecule has 0 saturated carbocycles. The third-order valence-corrected chi connectivity index (χ3v) is 4.89. The van der Waals surface area contributed by atoms with Crippen LogP contribution in [0.3, 0.4) is 0 Å². The van der Waals surface area contributed by atoms with Crippen LogP contribution in [0.2, 0.25) is 0 Å². The lowest BCUT2D eigenvalue weighted by Gasteiger charge is -2.10. The topological polar surface area (TPSA) is 69.0 Å². The van der Waals surface area contributed by atoms with Crippen molar-refractivity contribution in [2.24, 2.45) is 0 Å². The lowest BCUT2D eigenvalue weighted by molar-refractivity contribution is 0.102. The Morgan fingerprint density at radius 3 is 2.45 bits per heavy atom. The van der Waals surface area contributed by atoms with Gasteiger partial charge in [-0.2, -0.15) is 0 Å². The SMILES string of the molecule is COc1ccc(Cn2c(C)nc3cc(NC(=O)c4ccccc4)c(C)nc32)cc1. The minimum absolute atomic E-state index is 0.163. The number of aryl methyl sites for hydroxylation is 2. The van der Waals surface area contributed by atoms with E-state index in [9.17, 15) is 4.79 Å². The quantitative estimate of drug-likeness (QED) is 0.553. The number of carbonyl (C=O) groups is 1. The van der Waals surface area contributed by atoms with E-state index in [2.05, 4.69) is 14.9 Å². The summed E-state index contributed by atoms with van der Waals surface area (Å²) in [5, 5.41) is 2.95. The maximum absolute atomic E-state index is 12.5. The zero-order valence-corrected chi connectivity index (χ0v) is 16.6. The Hall–Kier alpha value is -3.67.